The van der Waals surface area contributed by atoms with Gasteiger partial charge >= 0.3 is 5.97 Å². The minimum atomic E-state index is -1.02. The quantitative estimate of drug-likeness (QED) is 0.636. The zero-order valence-electron chi connectivity index (χ0n) is 16.4. The zero-order chi connectivity index (χ0) is 21.0. The lowest BCUT2D eigenvalue weighted by Crippen LogP contribution is -2.26. The number of benzene rings is 2. The minimum Gasteiger partial charge on any atom is -0.496 e. The van der Waals surface area contributed by atoms with Crippen molar-refractivity contribution in [3.8, 4) is 5.75 Å². The molecule has 7 heteroatoms. The number of anilines is 1. The van der Waals surface area contributed by atoms with Gasteiger partial charge in [0.15, 0.2) is 0 Å². The summed E-state index contributed by atoms with van der Waals surface area (Å²) < 4.78 is 5.25. The third-order valence-electron chi connectivity index (χ3n) is 5.05. The Balaban J connectivity index is 1.56. The number of aromatic carboxylic acids is 1. The van der Waals surface area contributed by atoms with E-state index in [4.69, 9.17) is 9.84 Å². The summed E-state index contributed by atoms with van der Waals surface area (Å²) in [7, 11) is 1.48. The Morgan fingerprint density at radius 3 is 2.55 bits per heavy atom. The van der Waals surface area contributed by atoms with E-state index in [2.05, 4.69) is 10.6 Å². The molecule has 2 amide bonds. The van der Waals surface area contributed by atoms with E-state index < -0.39 is 5.97 Å². The van der Waals surface area contributed by atoms with Crippen molar-refractivity contribution >= 4 is 23.5 Å². The summed E-state index contributed by atoms with van der Waals surface area (Å²) >= 11 is 0. The topological polar surface area (TPSA) is 105 Å². The van der Waals surface area contributed by atoms with Crippen LogP contribution in [0.1, 0.15) is 39.6 Å². The first-order valence-electron chi connectivity index (χ1n) is 9.48. The second kappa shape index (κ2) is 8.77. The van der Waals surface area contributed by atoms with Gasteiger partial charge in [0.2, 0.25) is 5.91 Å². The second-order valence-electron chi connectivity index (χ2n) is 7.23. The average molecular weight is 396 g/mol. The number of rotatable bonds is 8. The molecule has 1 aliphatic carbocycles. The predicted molar refractivity (Wildman–Crippen MR) is 108 cm³/mol. The van der Waals surface area contributed by atoms with Crippen LogP contribution in [0, 0.1) is 11.8 Å². The third-order valence-corrected chi connectivity index (χ3v) is 5.05. The molecular formula is C22H24N2O5. The van der Waals surface area contributed by atoms with Crippen LogP contribution in [0.2, 0.25) is 0 Å². The van der Waals surface area contributed by atoms with E-state index in [1.54, 1.807) is 30.3 Å². The Bertz CT molecular complexity index is 941. The van der Waals surface area contributed by atoms with Gasteiger partial charge in [-0.1, -0.05) is 19.1 Å². The van der Waals surface area contributed by atoms with E-state index in [0.717, 1.165) is 12.0 Å². The number of carboxylic acids is 1. The summed E-state index contributed by atoms with van der Waals surface area (Å²) in [6.07, 6.45) is 1.40. The Morgan fingerprint density at radius 2 is 1.90 bits per heavy atom. The number of carboxylic acid groups (broad SMARTS) is 1. The molecule has 0 radical (unpaired) electrons. The molecule has 0 bridgehead atoms. The fourth-order valence-electron chi connectivity index (χ4n) is 3.16. The lowest BCUT2D eigenvalue weighted by atomic mass is 10.1. The van der Waals surface area contributed by atoms with Gasteiger partial charge in [0.1, 0.15) is 5.75 Å². The molecule has 29 heavy (non-hydrogen) atoms. The molecule has 7 nitrogen and oxygen atoms in total. The smallest absolute Gasteiger partial charge is 0.335 e. The van der Waals surface area contributed by atoms with Crippen LogP contribution >= 0.6 is 0 Å². The van der Waals surface area contributed by atoms with E-state index >= 15 is 0 Å². The molecule has 2 aromatic rings. The van der Waals surface area contributed by atoms with Crippen molar-refractivity contribution < 1.29 is 24.2 Å². The number of carbonyl (C=O) groups excluding carboxylic acids is 2. The predicted octanol–water partition coefficient (Wildman–Crippen LogP) is 2.96. The fourth-order valence-corrected chi connectivity index (χ4v) is 3.16. The van der Waals surface area contributed by atoms with Crippen molar-refractivity contribution in [3.05, 3.63) is 59.2 Å². The number of ether oxygens (including phenoxy) is 1. The molecule has 0 aliphatic heterocycles. The highest BCUT2D eigenvalue weighted by Gasteiger charge is 2.39. The largest absolute Gasteiger partial charge is 0.496 e. The van der Waals surface area contributed by atoms with Crippen molar-refractivity contribution in [1.82, 2.24) is 5.32 Å². The first kappa shape index (κ1) is 20.4. The van der Waals surface area contributed by atoms with Crippen LogP contribution in [0.3, 0.4) is 0 Å². The van der Waals surface area contributed by atoms with E-state index in [-0.39, 0.29) is 23.3 Å². The van der Waals surface area contributed by atoms with Crippen LogP contribution in [0.25, 0.3) is 0 Å². The van der Waals surface area contributed by atoms with Crippen LogP contribution in [-0.4, -0.2) is 36.5 Å². The van der Waals surface area contributed by atoms with Gasteiger partial charge in [-0.25, -0.2) is 4.79 Å². The first-order valence-corrected chi connectivity index (χ1v) is 9.48. The van der Waals surface area contributed by atoms with Crippen LogP contribution in [-0.2, 0) is 11.2 Å². The highest BCUT2D eigenvalue weighted by atomic mass is 16.5. The monoisotopic (exact) mass is 396 g/mol. The standard InChI is InChI=1S/C22H24N2O5/c1-13-10-18(13)21(26)24-17-5-3-4-15(11-17)20(25)23-9-8-14-6-7-16(22(27)28)12-19(14)29-2/h3-7,11-13,18H,8-10H2,1-2H3,(H,23,25)(H,24,26)(H,27,28). The Kier molecular flexibility index (Phi) is 6.16. The van der Waals surface area contributed by atoms with Gasteiger partial charge in [-0.05, 0) is 54.7 Å². The van der Waals surface area contributed by atoms with Crippen molar-refractivity contribution in [1.29, 1.82) is 0 Å². The Labute approximate surface area is 169 Å². The van der Waals surface area contributed by atoms with Crippen molar-refractivity contribution in [2.75, 3.05) is 19.0 Å². The number of methoxy groups -OCH3 is 1. The molecular weight excluding hydrogens is 372 g/mol. The summed E-state index contributed by atoms with van der Waals surface area (Å²) in [5.74, 6) is -0.323. The summed E-state index contributed by atoms with van der Waals surface area (Å²) in [6, 6.07) is 11.5. The maximum atomic E-state index is 12.4. The maximum absolute atomic E-state index is 12.4. The maximum Gasteiger partial charge on any atom is 0.335 e. The Hall–Kier alpha value is -3.35. The average Bonchev–Trinajstić information content (AvgIpc) is 3.45. The molecule has 1 fully saturated rings. The van der Waals surface area contributed by atoms with Gasteiger partial charge in [-0.2, -0.15) is 0 Å². The molecule has 2 aromatic carbocycles. The van der Waals surface area contributed by atoms with Gasteiger partial charge in [-0.15, -0.1) is 0 Å². The minimum absolute atomic E-state index is 0.00744. The molecule has 2 atom stereocenters. The van der Waals surface area contributed by atoms with Crippen molar-refractivity contribution in [3.63, 3.8) is 0 Å². The Morgan fingerprint density at radius 1 is 1.14 bits per heavy atom. The zero-order valence-corrected chi connectivity index (χ0v) is 16.4. The van der Waals surface area contributed by atoms with Gasteiger partial charge in [0, 0.05) is 23.7 Å². The van der Waals surface area contributed by atoms with Crippen LogP contribution in [0.4, 0.5) is 5.69 Å². The van der Waals surface area contributed by atoms with Gasteiger partial charge in [-0.3, -0.25) is 9.59 Å². The first-order chi connectivity index (χ1) is 13.9. The lowest BCUT2D eigenvalue weighted by molar-refractivity contribution is -0.117. The lowest BCUT2D eigenvalue weighted by Gasteiger charge is -2.11. The summed E-state index contributed by atoms with van der Waals surface area (Å²) in [5.41, 5.74) is 2.01. The fraction of sp³-hybridized carbons (Fsp3) is 0.318. The highest BCUT2D eigenvalue weighted by Crippen LogP contribution is 2.38. The second-order valence-corrected chi connectivity index (χ2v) is 7.23. The van der Waals surface area contributed by atoms with Crippen molar-refractivity contribution in [2.24, 2.45) is 11.8 Å². The van der Waals surface area contributed by atoms with E-state index in [1.807, 2.05) is 6.92 Å². The van der Waals surface area contributed by atoms with Gasteiger partial charge < -0.3 is 20.5 Å². The molecule has 0 spiro atoms. The summed E-state index contributed by atoms with van der Waals surface area (Å²) in [6.45, 7) is 2.40. The number of amides is 2. The molecule has 1 aliphatic rings. The SMILES string of the molecule is COc1cc(C(=O)O)ccc1CCNC(=O)c1cccc(NC(=O)C2CC2C)c1. The van der Waals surface area contributed by atoms with Crippen LogP contribution in [0.5, 0.6) is 5.75 Å². The summed E-state index contributed by atoms with van der Waals surface area (Å²) in [5, 5.41) is 14.7. The van der Waals surface area contributed by atoms with E-state index in [0.29, 0.717) is 35.9 Å². The number of nitrogens with one attached hydrogen (secondary N) is 2. The third kappa shape index (κ3) is 5.13. The van der Waals surface area contributed by atoms with Gasteiger partial charge in [0.05, 0.1) is 12.7 Å². The normalized spacial score (nSPS) is 17.3. The molecule has 1 saturated carbocycles. The number of hydrogen-bond acceptors (Lipinski definition) is 4. The molecule has 2 unspecified atom stereocenters. The number of carbonyl (C=O) groups is 3. The molecule has 0 heterocycles. The highest BCUT2D eigenvalue weighted by molar-refractivity contribution is 5.98. The van der Waals surface area contributed by atoms with Crippen LogP contribution < -0.4 is 15.4 Å². The van der Waals surface area contributed by atoms with Gasteiger partial charge in [0.25, 0.3) is 5.91 Å². The van der Waals surface area contributed by atoms with Crippen LogP contribution in [0.15, 0.2) is 42.5 Å². The summed E-state index contributed by atoms with van der Waals surface area (Å²) in [4.78, 5) is 35.6. The number of hydrogen-bond donors (Lipinski definition) is 3. The molecule has 0 saturated heterocycles. The van der Waals surface area contributed by atoms with E-state index in [9.17, 15) is 14.4 Å². The molecule has 3 N–H and O–H groups in total. The molecule has 0 aromatic heterocycles. The van der Waals surface area contributed by atoms with Crippen molar-refractivity contribution in [2.45, 2.75) is 19.8 Å². The molecule has 3 rings (SSSR count). The molecule has 152 valence electrons. The van der Waals surface area contributed by atoms with E-state index in [1.165, 1.54) is 19.2 Å².